The molecule has 0 unspecified atom stereocenters. The summed E-state index contributed by atoms with van der Waals surface area (Å²) in [4.78, 5) is 4.57. The molecule has 0 radical (unpaired) electrons. The van der Waals surface area contributed by atoms with Gasteiger partial charge in [-0.2, -0.15) is 0 Å². The molecule has 17 heavy (non-hydrogen) atoms. The number of H-pyrrole nitrogens is 1. The first kappa shape index (κ1) is 12.3. The molecule has 0 amide bonds. The van der Waals surface area contributed by atoms with Crippen LogP contribution in [0.2, 0.25) is 0 Å². The average Bonchev–Trinajstić information content (AvgIpc) is 2.72. The van der Waals surface area contributed by atoms with E-state index >= 15 is 0 Å². The third kappa shape index (κ3) is 2.02. The SMILES string of the molecule is CCC(CC)c1cc2nc(C)c(C)c(=S)n2[nH]1. The molecule has 4 heteroatoms. The quantitative estimate of drug-likeness (QED) is 0.837. The summed E-state index contributed by atoms with van der Waals surface area (Å²) in [7, 11) is 0. The molecule has 92 valence electrons. The normalized spacial score (nSPS) is 11.6. The van der Waals surface area contributed by atoms with Crippen molar-refractivity contribution in [2.75, 3.05) is 0 Å². The number of aryl methyl sites for hydroxylation is 1. The Hall–Kier alpha value is -1.16. The molecule has 0 aliphatic carbocycles. The summed E-state index contributed by atoms with van der Waals surface area (Å²) in [5, 5.41) is 3.38. The van der Waals surface area contributed by atoms with Crippen LogP contribution >= 0.6 is 12.2 Å². The van der Waals surface area contributed by atoms with Crippen LogP contribution in [-0.4, -0.2) is 14.6 Å². The van der Waals surface area contributed by atoms with Gasteiger partial charge >= 0.3 is 0 Å². The van der Waals surface area contributed by atoms with Crippen LogP contribution in [0.15, 0.2) is 6.07 Å². The fourth-order valence-corrected chi connectivity index (χ4v) is 2.46. The minimum atomic E-state index is 0.562. The van der Waals surface area contributed by atoms with Crippen LogP contribution in [0.4, 0.5) is 0 Å². The van der Waals surface area contributed by atoms with Crippen LogP contribution in [0, 0.1) is 18.5 Å². The lowest BCUT2D eigenvalue weighted by Gasteiger charge is -2.08. The maximum absolute atomic E-state index is 5.45. The second-order valence-corrected chi connectivity index (χ2v) is 4.93. The van der Waals surface area contributed by atoms with Crippen molar-refractivity contribution in [1.82, 2.24) is 14.6 Å². The Morgan fingerprint density at radius 2 is 2.00 bits per heavy atom. The molecule has 0 saturated heterocycles. The van der Waals surface area contributed by atoms with Crippen LogP contribution in [0.25, 0.3) is 5.65 Å². The Morgan fingerprint density at radius 1 is 1.35 bits per heavy atom. The number of aromatic nitrogens is 3. The van der Waals surface area contributed by atoms with Gasteiger partial charge in [0.05, 0.1) is 0 Å². The van der Waals surface area contributed by atoms with Gasteiger partial charge in [-0.25, -0.2) is 9.50 Å². The van der Waals surface area contributed by atoms with Crippen LogP contribution in [0.3, 0.4) is 0 Å². The first-order valence-corrected chi connectivity index (χ1v) is 6.58. The van der Waals surface area contributed by atoms with Gasteiger partial charge in [0.15, 0.2) is 5.65 Å². The molecule has 0 bridgehead atoms. The molecule has 0 spiro atoms. The van der Waals surface area contributed by atoms with Crippen molar-refractivity contribution in [3.05, 3.63) is 27.7 Å². The highest BCUT2D eigenvalue weighted by Gasteiger charge is 2.12. The number of rotatable bonds is 3. The van der Waals surface area contributed by atoms with Crippen molar-refractivity contribution in [3.63, 3.8) is 0 Å². The topological polar surface area (TPSA) is 33.1 Å². The molecular weight excluding hydrogens is 230 g/mol. The van der Waals surface area contributed by atoms with Crippen LogP contribution < -0.4 is 0 Å². The summed E-state index contributed by atoms with van der Waals surface area (Å²) in [6.45, 7) is 8.45. The fraction of sp³-hybridized carbons (Fsp3) is 0.538. The van der Waals surface area contributed by atoms with Gasteiger partial charge in [-0.1, -0.05) is 26.1 Å². The van der Waals surface area contributed by atoms with E-state index in [0.717, 1.165) is 34.4 Å². The first-order chi connectivity index (χ1) is 8.08. The molecule has 2 rings (SSSR count). The predicted molar refractivity (Wildman–Crippen MR) is 73.2 cm³/mol. The number of aromatic amines is 1. The minimum absolute atomic E-state index is 0.562. The summed E-state index contributed by atoms with van der Waals surface area (Å²) in [6.07, 6.45) is 2.27. The highest BCUT2D eigenvalue weighted by molar-refractivity contribution is 7.71. The highest BCUT2D eigenvalue weighted by atomic mass is 32.1. The summed E-state index contributed by atoms with van der Waals surface area (Å²) in [5.74, 6) is 0.562. The molecule has 0 fully saturated rings. The summed E-state index contributed by atoms with van der Waals surface area (Å²) >= 11 is 5.45. The van der Waals surface area contributed by atoms with Crippen molar-refractivity contribution in [2.45, 2.75) is 46.5 Å². The van der Waals surface area contributed by atoms with Gasteiger partial charge in [-0.15, -0.1) is 0 Å². The number of nitrogens with one attached hydrogen (secondary N) is 1. The summed E-state index contributed by atoms with van der Waals surface area (Å²) in [5.41, 5.74) is 4.26. The van der Waals surface area contributed by atoms with Gasteiger partial charge in [0.1, 0.15) is 4.64 Å². The predicted octanol–water partition coefficient (Wildman–Crippen LogP) is 3.91. The molecule has 3 nitrogen and oxygen atoms in total. The maximum atomic E-state index is 5.45. The minimum Gasteiger partial charge on any atom is -0.295 e. The van der Waals surface area contributed by atoms with Crippen LogP contribution in [-0.2, 0) is 0 Å². The van der Waals surface area contributed by atoms with Gasteiger partial charge in [0.2, 0.25) is 0 Å². The third-order valence-corrected chi connectivity index (χ3v) is 4.02. The maximum Gasteiger partial charge on any atom is 0.154 e. The van der Waals surface area contributed by atoms with E-state index in [4.69, 9.17) is 12.2 Å². The molecule has 2 heterocycles. The standard InChI is InChI=1S/C13H19N3S/c1-5-10(6-2)11-7-12-14-9(4)8(3)13(17)16(12)15-11/h7,10,15H,5-6H2,1-4H3. The van der Waals surface area contributed by atoms with Gasteiger partial charge in [-0.3, -0.25) is 5.10 Å². The molecule has 0 aliphatic heterocycles. The second kappa shape index (κ2) is 4.61. The average molecular weight is 249 g/mol. The Kier molecular flexibility index (Phi) is 3.33. The van der Waals surface area contributed by atoms with Gasteiger partial charge in [-0.05, 0) is 26.7 Å². The van der Waals surface area contributed by atoms with E-state index in [1.54, 1.807) is 0 Å². The van der Waals surface area contributed by atoms with Crippen molar-refractivity contribution in [3.8, 4) is 0 Å². The molecule has 1 N–H and O–H groups in total. The monoisotopic (exact) mass is 249 g/mol. The molecule has 2 aromatic heterocycles. The van der Waals surface area contributed by atoms with Gasteiger partial charge < -0.3 is 0 Å². The lowest BCUT2D eigenvalue weighted by Crippen LogP contribution is -2.00. The fourth-order valence-electron chi connectivity index (χ4n) is 2.18. The van der Waals surface area contributed by atoms with Gasteiger partial charge in [0.25, 0.3) is 0 Å². The largest absolute Gasteiger partial charge is 0.295 e. The Bertz CT molecular complexity index is 590. The number of fused-ring (bicyclic) bond motifs is 1. The third-order valence-electron chi connectivity index (χ3n) is 3.53. The van der Waals surface area contributed by atoms with Crippen molar-refractivity contribution in [1.29, 1.82) is 0 Å². The van der Waals surface area contributed by atoms with Crippen molar-refractivity contribution in [2.24, 2.45) is 0 Å². The Balaban J connectivity index is 2.66. The smallest absolute Gasteiger partial charge is 0.154 e. The summed E-state index contributed by atoms with van der Waals surface area (Å²) < 4.78 is 2.76. The molecule has 2 aromatic rings. The molecule has 0 atom stereocenters. The Morgan fingerprint density at radius 3 is 2.59 bits per heavy atom. The van der Waals surface area contributed by atoms with Crippen molar-refractivity contribution >= 4 is 17.9 Å². The highest BCUT2D eigenvalue weighted by Crippen LogP contribution is 2.23. The second-order valence-electron chi connectivity index (χ2n) is 4.55. The van der Waals surface area contributed by atoms with E-state index < -0.39 is 0 Å². The molecular formula is C13H19N3S. The first-order valence-electron chi connectivity index (χ1n) is 6.17. The lowest BCUT2D eigenvalue weighted by molar-refractivity contribution is 0.615. The van der Waals surface area contributed by atoms with Crippen LogP contribution in [0.1, 0.15) is 49.6 Å². The lowest BCUT2D eigenvalue weighted by atomic mass is 10.00. The van der Waals surface area contributed by atoms with E-state index in [1.165, 1.54) is 5.69 Å². The van der Waals surface area contributed by atoms with E-state index in [1.807, 2.05) is 18.4 Å². The number of nitrogens with zero attached hydrogens (tertiary/aromatic N) is 2. The molecule has 0 aliphatic rings. The van der Waals surface area contributed by atoms with E-state index in [-0.39, 0.29) is 0 Å². The van der Waals surface area contributed by atoms with Crippen molar-refractivity contribution < 1.29 is 0 Å². The Labute approximate surface area is 107 Å². The van der Waals surface area contributed by atoms with E-state index in [0.29, 0.717) is 5.92 Å². The zero-order chi connectivity index (χ0) is 12.6. The zero-order valence-corrected chi connectivity index (χ0v) is 11.7. The zero-order valence-electron chi connectivity index (χ0n) is 10.9. The number of hydrogen-bond acceptors (Lipinski definition) is 2. The van der Waals surface area contributed by atoms with E-state index in [2.05, 4.69) is 30.0 Å². The van der Waals surface area contributed by atoms with Gasteiger partial charge in [0, 0.05) is 28.9 Å². The molecule has 0 aromatic carbocycles. The molecule has 0 saturated carbocycles. The van der Waals surface area contributed by atoms with E-state index in [9.17, 15) is 0 Å². The summed E-state index contributed by atoms with van der Waals surface area (Å²) in [6, 6.07) is 2.12. The van der Waals surface area contributed by atoms with Crippen LogP contribution in [0.5, 0.6) is 0 Å². The number of hydrogen-bond donors (Lipinski definition) is 1.